The van der Waals surface area contributed by atoms with Gasteiger partial charge in [-0.1, -0.05) is 41.9 Å². The minimum absolute atomic E-state index is 0.128. The average Bonchev–Trinajstić information content (AvgIpc) is 3.03. The average molecular weight is 667 g/mol. The standard InChI is InChI=1S/C32H31ClN4O8S/c1-4-43-31(41)27-18(2)35-32(46)36-28(27)22-7-5-6-8-24(22)44-17-26(38)37-34-15-20-13-23(33)29(25(14-20)42-3)45-16-19-9-11-21(12-10-19)30(39)40/h5-15,28H,4,16-17H2,1-3H3,(H,37,38)(H,39,40)(H2,35,36,46)/t28-/m1/s1. The minimum Gasteiger partial charge on any atom is -0.493 e. The first-order chi connectivity index (χ1) is 22.1. The third-order valence-corrected chi connectivity index (χ3v) is 7.09. The molecular weight excluding hydrogens is 636 g/mol. The number of halogens is 1. The van der Waals surface area contributed by atoms with E-state index < -0.39 is 23.9 Å². The molecule has 4 rings (SSSR count). The smallest absolute Gasteiger partial charge is 0.338 e. The molecule has 0 saturated heterocycles. The van der Waals surface area contributed by atoms with Crippen LogP contribution in [0.4, 0.5) is 0 Å². The van der Waals surface area contributed by atoms with Crippen molar-refractivity contribution in [1.82, 2.24) is 16.1 Å². The van der Waals surface area contributed by atoms with Crippen LogP contribution in [0, 0.1) is 0 Å². The number of carbonyl (C=O) groups excluding carboxylic acids is 2. The van der Waals surface area contributed by atoms with Gasteiger partial charge in [0, 0.05) is 11.3 Å². The number of hydrogen-bond acceptors (Lipinski definition) is 9. The second kappa shape index (κ2) is 15.7. The van der Waals surface area contributed by atoms with E-state index >= 15 is 0 Å². The normalized spacial score (nSPS) is 14.3. The molecule has 3 aromatic rings. The quantitative estimate of drug-likeness (QED) is 0.0881. The van der Waals surface area contributed by atoms with Crippen molar-refractivity contribution >= 4 is 53.0 Å². The first-order valence-corrected chi connectivity index (χ1v) is 14.7. The van der Waals surface area contributed by atoms with Crippen molar-refractivity contribution in [2.24, 2.45) is 5.10 Å². The molecule has 14 heteroatoms. The molecule has 12 nitrogen and oxygen atoms in total. The third-order valence-electron chi connectivity index (χ3n) is 6.59. The highest BCUT2D eigenvalue weighted by Crippen LogP contribution is 2.37. The number of amides is 1. The number of thiocarbonyl (C=S) groups is 1. The lowest BCUT2D eigenvalue weighted by Crippen LogP contribution is -2.45. The van der Waals surface area contributed by atoms with E-state index in [1.165, 1.54) is 25.5 Å². The van der Waals surface area contributed by atoms with Gasteiger partial charge in [0.05, 0.1) is 42.1 Å². The molecule has 4 N–H and O–H groups in total. The van der Waals surface area contributed by atoms with Crippen LogP contribution in [-0.2, 0) is 20.9 Å². The van der Waals surface area contributed by atoms with Gasteiger partial charge in [0.1, 0.15) is 12.4 Å². The number of benzene rings is 3. The molecule has 3 aromatic carbocycles. The summed E-state index contributed by atoms with van der Waals surface area (Å²) in [4.78, 5) is 36.4. The van der Waals surface area contributed by atoms with E-state index in [-0.39, 0.29) is 30.4 Å². The van der Waals surface area contributed by atoms with Gasteiger partial charge < -0.3 is 34.7 Å². The number of ether oxygens (including phenoxy) is 4. The third kappa shape index (κ3) is 8.52. The Kier molecular flexibility index (Phi) is 11.5. The highest BCUT2D eigenvalue weighted by molar-refractivity contribution is 7.80. The summed E-state index contributed by atoms with van der Waals surface area (Å²) in [6.07, 6.45) is 1.38. The number of rotatable bonds is 13. The van der Waals surface area contributed by atoms with Crippen molar-refractivity contribution < 1.29 is 38.4 Å². The van der Waals surface area contributed by atoms with Crippen LogP contribution in [0.3, 0.4) is 0 Å². The van der Waals surface area contributed by atoms with Gasteiger partial charge >= 0.3 is 11.9 Å². The van der Waals surface area contributed by atoms with Crippen LogP contribution in [0.25, 0.3) is 0 Å². The molecule has 0 radical (unpaired) electrons. The van der Waals surface area contributed by atoms with Crippen LogP contribution in [0.5, 0.6) is 17.2 Å². The largest absolute Gasteiger partial charge is 0.493 e. The van der Waals surface area contributed by atoms with E-state index in [2.05, 4.69) is 21.2 Å². The number of carboxylic acid groups (broad SMARTS) is 1. The lowest BCUT2D eigenvalue weighted by molar-refractivity contribution is -0.139. The van der Waals surface area contributed by atoms with Crippen LogP contribution >= 0.6 is 23.8 Å². The van der Waals surface area contributed by atoms with Crippen LogP contribution in [0.1, 0.15) is 46.9 Å². The van der Waals surface area contributed by atoms with Gasteiger partial charge in [0.15, 0.2) is 23.2 Å². The zero-order valence-corrected chi connectivity index (χ0v) is 26.7. The fourth-order valence-corrected chi connectivity index (χ4v) is 5.01. The molecule has 46 heavy (non-hydrogen) atoms. The molecule has 0 aliphatic carbocycles. The van der Waals surface area contributed by atoms with Gasteiger partial charge in [0.25, 0.3) is 5.91 Å². The highest BCUT2D eigenvalue weighted by Gasteiger charge is 2.32. The second-order valence-corrected chi connectivity index (χ2v) is 10.6. The summed E-state index contributed by atoms with van der Waals surface area (Å²) >= 11 is 11.8. The lowest BCUT2D eigenvalue weighted by Gasteiger charge is -2.30. The first-order valence-electron chi connectivity index (χ1n) is 13.9. The van der Waals surface area contributed by atoms with Crippen molar-refractivity contribution in [1.29, 1.82) is 0 Å². The Morgan fingerprint density at radius 1 is 1.09 bits per heavy atom. The number of aromatic carboxylic acids is 1. The molecular formula is C32H31ClN4O8S. The van der Waals surface area contributed by atoms with E-state index in [4.69, 9.17) is 47.9 Å². The summed E-state index contributed by atoms with van der Waals surface area (Å²) in [6, 6.07) is 15.8. The fourth-order valence-electron chi connectivity index (χ4n) is 4.46. The minimum atomic E-state index is -1.02. The molecule has 1 aliphatic heterocycles. The molecule has 1 atom stereocenters. The number of hydrazone groups is 1. The fraction of sp³-hybridized carbons (Fsp3) is 0.219. The number of methoxy groups -OCH3 is 1. The molecule has 0 aromatic heterocycles. The highest BCUT2D eigenvalue weighted by atomic mass is 35.5. The van der Waals surface area contributed by atoms with Gasteiger partial charge in [0.2, 0.25) is 0 Å². The van der Waals surface area contributed by atoms with Crippen molar-refractivity contribution in [3.8, 4) is 17.2 Å². The lowest BCUT2D eigenvalue weighted by atomic mass is 9.95. The number of nitrogens with zero attached hydrogens (tertiary/aromatic N) is 1. The topological polar surface area (TPSA) is 157 Å². The van der Waals surface area contributed by atoms with E-state index in [1.54, 1.807) is 62.4 Å². The van der Waals surface area contributed by atoms with Crippen LogP contribution in [-0.4, -0.2) is 54.6 Å². The van der Waals surface area contributed by atoms with Gasteiger partial charge in [-0.3, -0.25) is 4.79 Å². The van der Waals surface area contributed by atoms with E-state index in [9.17, 15) is 14.4 Å². The summed E-state index contributed by atoms with van der Waals surface area (Å²) in [5.41, 5.74) is 5.33. The maximum atomic E-state index is 12.7. The Morgan fingerprint density at radius 3 is 2.52 bits per heavy atom. The first kappa shape index (κ1) is 33.7. The van der Waals surface area contributed by atoms with E-state index in [0.717, 1.165) is 5.56 Å². The van der Waals surface area contributed by atoms with Gasteiger partial charge in [-0.25, -0.2) is 15.0 Å². The Hall–Kier alpha value is -5.14. The van der Waals surface area contributed by atoms with Crippen molar-refractivity contribution in [3.05, 3.63) is 99.2 Å². The molecule has 0 saturated carbocycles. The monoisotopic (exact) mass is 666 g/mol. The number of para-hydroxylation sites is 1. The van der Waals surface area contributed by atoms with Gasteiger partial charge in [-0.15, -0.1) is 0 Å². The maximum absolute atomic E-state index is 12.7. The molecule has 0 fully saturated rings. The van der Waals surface area contributed by atoms with Crippen molar-refractivity contribution in [2.45, 2.75) is 26.5 Å². The van der Waals surface area contributed by atoms with E-state index in [1.807, 2.05) is 0 Å². The Bertz CT molecular complexity index is 1690. The molecule has 1 amide bonds. The second-order valence-electron chi connectivity index (χ2n) is 9.74. The number of allylic oxidation sites excluding steroid dienone is 1. The summed E-state index contributed by atoms with van der Waals surface area (Å²) in [5, 5.41) is 19.7. The zero-order chi connectivity index (χ0) is 33.2. The number of carboxylic acids is 1. The summed E-state index contributed by atoms with van der Waals surface area (Å²) in [6.45, 7) is 3.41. The Balaban J connectivity index is 1.38. The summed E-state index contributed by atoms with van der Waals surface area (Å²) in [7, 11) is 1.46. The number of hydrogen-bond donors (Lipinski definition) is 4. The van der Waals surface area contributed by atoms with E-state index in [0.29, 0.717) is 44.8 Å². The zero-order valence-electron chi connectivity index (χ0n) is 25.1. The number of esters is 1. The Labute approximate surface area is 275 Å². The maximum Gasteiger partial charge on any atom is 0.338 e. The summed E-state index contributed by atoms with van der Waals surface area (Å²) < 4.78 is 22.3. The SMILES string of the molecule is CCOC(=O)C1=C(C)NC(=S)N[C@@H]1c1ccccc1OCC(=O)NN=Cc1cc(Cl)c(OCc2ccc(C(=O)O)cc2)c(OC)c1. The number of nitrogens with one attached hydrogen (secondary N) is 3. The summed E-state index contributed by atoms with van der Waals surface area (Å²) in [5.74, 6) is -1.07. The molecule has 0 spiro atoms. The molecule has 0 unspecified atom stereocenters. The number of carbonyl (C=O) groups is 3. The van der Waals surface area contributed by atoms with Gasteiger partial charge in [-0.2, -0.15) is 5.10 Å². The van der Waals surface area contributed by atoms with Crippen LogP contribution in [0.15, 0.2) is 77.0 Å². The van der Waals surface area contributed by atoms with Crippen LogP contribution < -0.4 is 30.3 Å². The van der Waals surface area contributed by atoms with Crippen molar-refractivity contribution in [3.63, 3.8) is 0 Å². The molecule has 1 heterocycles. The van der Waals surface area contributed by atoms with Gasteiger partial charge in [-0.05, 0) is 67.5 Å². The van der Waals surface area contributed by atoms with Crippen molar-refractivity contribution in [2.75, 3.05) is 20.3 Å². The molecule has 1 aliphatic rings. The Morgan fingerprint density at radius 2 is 1.83 bits per heavy atom. The van der Waals surface area contributed by atoms with Crippen LogP contribution in [0.2, 0.25) is 5.02 Å². The predicted molar refractivity (Wildman–Crippen MR) is 174 cm³/mol. The molecule has 0 bridgehead atoms. The predicted octanol–water partition coefficient (Wildman–Crippen LogP) is 4.51. The molecule has 240 valence electrons.